The summed E-state index contributed by atoms with van der Waals surface area (Å²) in [6.45, 7) is 0. The molecule has 1 aromatic carbocycles. The summed E-state index contributed by atoms with van der Waals surface area (Å²) in [6.07, 6.45) is 1.07. The highest BCUT2D eigenvalue weighted by molar-refractivity contribution is 9.10. The third kappa shape index (κ3) is 1.68. The molecule has 0 aliphatic rings. The maximum Gasteiger partial charge on any atom is 0.270 e. The van der Waals surface area contributed by atoms with Crippen LogP contribution in [0.15, 0.2) is 22.7 Å². The van der Waals surface area contributed by atoms with Gasteiger partial charge in [0.05, 0.1) is 4.92 Å². The number of nitro benzene ring substituents is 1. The van der Waals surface area contributed by atoms with Gasteiger partial charge in [0, 0.05) is 28.4 Å². The Labute approximate surface area is 77.0 Å². The van der Waals surface area contributed by atoms with Crippen molar-refractivity contribution in [2.24, 2.45) is 0 Å². The van der Waals surface area contributed by atoms with Gasteiger partial charge in [0.25, 0.3) is 5.69 Å². The van der Waals surface area contributed by atoms with Crippen molar-refractivity contribution >= 4 is 27.8 Å². The largest absolute Gasteiger partial charge is 0.308 e. The topological polar surface area (TPSA) is 67.0 Å². The first-order valence-electron chi connectivity index (χ1n) is 3.09. The van der Waals surface area contributed by atoms with Crippen LogP contribution >= 0.6 is 15.9 Å². The third-order valence-electron chi connectivity index (χ3n) is 1.35. The van der Waals surface area contributed by atoms with Gasteiger partial charge < -0.3 is 5.41 Å². The molecule has 0 aromatic heterocycles. The Kier molecular flexibility index (Phi) is 2.54. The number of rotatable bonds is 2. The molecular weight excluding hydrogens is 224 g/mol. The number of benzene rings is 1. The van der Waals surface area contributed by atoms with Crippen LogP contribution in [0.5, 0.6) is 0 Å². The fourth-order valence-corrected chi connectivity index (χ4v) is 1.12. The van der Waals surface area contributed by atoms with E-state index in [-0.39, 0.29) is 5.69 Å². The molecule has 0 saturated heterocycles. The van der Waals surface area contributed by atoms with Crippen molar-refractivity contribution in [1.82, 2.24) is 0 Å². The highest BCUT2D eigenvalue weighted by atomic mass is 79.9. The zero-order valence-corrected chi connectivity index (χ0v) is 7.54. The summed E-state index contributed by atoms with van der Waals surface area (Å²) in [5.41, 5.74) is 0.501. The summed E-state index contributed by atoms with van der Waals surface area (Å²) < 4.78 is 0.683. The first-order valence-corrected chi connectivity index (χ1v) is 3.89. The van der Waals surface area contributed by atoms with Crippen molar-refractivity contribution in [2.45, 2.75) is 0 Å². The van der Waals surface area contributed by atoms with E-state index in [0.29, 0.717) is 10.0 Å². The van der Waals surface area contributed by atoms with Crippen LogP contribution in [0.4, 0.5) is 5.69 Å². The van der Waals surface area contributed by atoms with E-state index in [1.165, 1.54) is 12.1 Å². The summed E-state index contributed by atoms with van der Waals surface area (Å²) in [6, 6.07) is 4.28. The van der Waals surface area contributed by atoms with Gasteiger partial charge in [0.2, 0.25) is 0 Å². The van der Waals surface area contributed by atoms with Crippen molar-refractivity contribution in [3.8, 4) is 0 Å². The summed E-state index contributed by atoms with van der Waals surface area (Å²) in [4.78, 5) is 9.81. The fraction of sp³-hybridized carbons (Fsp3) is 0. The maximum absolute atomic E-state index is 10.3. The minimum absolute atomic E-state index is 0.00306. The number of nitrogens with one attached hydrogen (secondary N) is 1. The van der Waals surface area contributed by atoms with E-state index < -0.39 is 4.92 Å². The molecule has 1 rings (SSSR count). The average Bonchev–Trinajstić information content (AvgIpc) is 2.05. The highest BCUT2D eigenvalue weighted by Crippen LogP contribution is 2.20. The van der Waals surface area contributed by atoms with Crippen LogP contribution in [-0.2, 0) is 0 Å². The highest BCUT2D eigenvalue weighted by Gasteiger charge is 2.06. The summed E-state index contributed by atoms with van der Waals surface area (Å²) in [5, 5.41) is 17.2. The SMILES string of the molecule is N=Cc1cc([N+](=O)[O-])ccc1Br. The molecule has 0 amide bonds. The van der Waals surface area contributed by atoms with Crippen LogP contribution in [-0.4, -0.2) is 11.1 Å². The van der Waals surface area contributed by atoms with E-state index in [1.807, 2.05) is 0 Å². The van der Waals surface area contributed by atoms with Crippen LogP contribution < -0.4 is 0 Å². The number of hydrogen-bond donors (Lipinski definition) is 1. The zero-order valence-electron chi connectivity index (χ0n) is 5.95. The molecule has 5 heteroatoms. The Morgan fingerprint density at radius 2 is 2.25 bits per heavy atom. The molecule has 0 bridgehead atoms. The number of halogens is 1. The molecular formula is C7H5BrN2O2. The maximum atomic E-state index is 10.3. The minimum Gasteiger partial charge on any atom is -0.308 e. The van der Waals surface area contributed by atoms with Crippen LogP contribution in [0.3, 0.4) is 0 Å². The van der Waals surface area contributed by atoms with Gasteiger partial charge in [-0.3, -0.25) is 10.1 Å². The van der Waals surface area contributed by atoms with E-state index in [2.05, 4.69) is 15.9 Å². The van der Waals surface area contributed by atoms with Crippen molar-refractivity contribution in [3.63, 3.8) is 0 Å². The van der Waals surface area contributed by atoms with Gasteiger partial charge in [0.15, 0.2) is 0 Å². The van der Waals surface area contributed by atoms with Gasteiger partial charge in [-0.1, -0.05) is 15.9 Å². The van der Waals surface area contributed by atoms with Crippen LogP contribution in [0, 0.1) is 15.5 Å². The van der Waals surface area contributed by atoms with Gasteiger partial charge in [-0.25, -0.2) is 0 Å². The van der Waals surface area contributed by atoms with Crippen molar-refractivity contribution in [1.29, 1.82) is 5.41 Å². The predicted molar refractivity (Wildman–Crippen MR) is 48.7 cm³/mol. The molecule has 0 fully saturated rings. The molecule has 0 spiro atoms. The number of non-ortho nitro benzene ring substituents is 1. The molecule has 0 saturated carbocycles. The Bertz CT molecular complexity index is 338. The first-order chi connectivity index (χ1) is 5.65. The Morgan fingerprint density at radius 1 is 1.58 bits per heavy atom. The normalized spacial score (nSPS) is 9.42. The van der Waals surface area contributed by atoms with E-state index in [0.717, 1.165) is 6.21 Å². The van der Waals surface area contributed by atoms with Crippen molar-refractivity contribution in [2.75, 3.05) is 0 Å². The standard InChI is InChI=1S/C7H5BrN2O2/c8-7-2-1-6(10(11)12)3-5(7)4-9/h1-4,9H. The first kappa shape index (κ1) is 8.86. The molecule has 0 atom stereocenters. The molecule has 0 unspecified atom stereocenters. The lowest BCUT2D eigenvalue weighted by molar-refractivity contribution is -0.384. The molecule has 62 valence electrons. The van der Waals surface area contributed by atoms with Gasteiger partial charge in [-0.15, -0.1) is 0 Å². The van der Waals surface area contributed by atoms with E-state index >= 15 is 0 Å². The van der Waals surface area contributed by atoms with Gasteiger partial charge in [0.1, 0.15) is 0 Å². The molecule has 0 aliphatic carbocycles. The van der Waals surface area contributed by atoms with Gasteiger partial charge in [-0.05, 0) is 6.07 Å². The fourth-order valence-electron chi connectivity index (χ4n) is 0.755. The lowest BCUT2D eigenvalue weighted by Crippen LogP contribution is -1.90. The molecule has 4 nitrogen and oxygen atoms in total. The number of nitrogens with zero attached hydrogens (tertiary/aromatic N) is 1. The van der Waals surface area contributed by atoms with Crippen LogP contribution in [0.25, 0.3) is 0 Å². The molecule has 1 aromatic rings. The van der Waals surface area contributed by atoms with Crippen LogP contribution in [0.1, 0.15) is 5.56 Å². The third-order valence-corrected chi connectivity index (χ3v) is 2.07. The second kappa shape index (κ2) is 3.44. The second-order valence-corrected chi connectivity index (χ2v) is 2.96. The van der Waals surface area contributed by atoms with Gasteiger partial charge >= 0.3 is 0 Å². The lowest BCUT2D eigenvalue weighted by atomic mass is 10.2. The number of nitro groups is 1. The summed E-state index contributed by atoms with van der Waals surface area (Å²) >= 11 is 3.17. The van der Waals surface area contributed by atoms with E-state index in [4.69, 9.17) is 5.41 Å². The molecule has 1 N–H and O–H groups in total. The lowest BCUT2D eigenvalue weighted by Gasteiger charge is -1.96. The molecule has 0 radical (unpaired) electrons. The molecule has 0 aliphatic heterocycles. The summed E-state index contributed by atoms with van der Waals surface area (Å²) in [7, 11) is 0. The van der Waals surface area contributed by atoms with Crippen molar-refractivity contribution in [3.05, 3.63) is 38.3 Å². The molecule has 12 heavy (non-hydrogen) atoms. The van der Waals surface area contributed by atoms with Crippen molar-refractivity contribution < 1.29 is 4.92 Å². The van der Waals surface area contributed by atoms with E-state index in [9.17, 15) is 10.1 Å². The Balaban J connectivity index is 3.22. The predicted octanol–water partition coefficient (Wildman–Crippen LogP) is 2.35. The Morgan fingerprint density at radius 3 is 2.75 bits per heavy atom. The minimum atomic E-state index is -0.487. The second-order valence-electron chi connectivity index (χ2n) is 2.11. The monoisotopic (exact) mass is 228 g/mol. The molecule has 0 heterocycles. The zero-order chi connectivity index (χ0) is 9.14. The van der Waals surface area contributed by atoms with Gasteiger partial charge in [-0.2, -0.15) is 0 Å². The smallest absolute Gasteiger partial charge is 0.270 e. The summed E-state index contributed by atoms with van der Waals surface area (Å²) in [5.74, 6) is 0. The van der Waals surface area contributed by atoms with Crippen LogP contribution in [0.2, 0.25) is 0 Å². The Hall–Kier alpha value is -1.23. The number of hydrogen-bond acceptors (Lipinski definition) is 3. The average molecular weight is 229 g/mol. The van der Waals surface area contributed by atoms with E-state index in [1.54, 1.807) is 6.07 Å². The quantitative estimate of drug-likeness (QED) is 0.480.